The van der Waals surface area contributed by atoms with Crippen molar-refractivity contribution in [2.24, 2.45) is 17.3 Å². The highest BCUT2D eigenvalue weighted by Crippen LogP contribution is 2.42. The average Bonchev–Trinajstić information content (AvgIpc) is 2.35. The minimum atomic E-state index is -0.667. The molecule has 4 heteroatoms. The Kier molecular flexibility index (Phi) is 5.64. The molecule has 1 saturated carbocycles. The van der Waals surface area contributed by atoms with Crippen molar-refractivity contribution < 1.29 is 9.90 Å². The Bertz CT molecular complexity index is 364. The fourth-order valence-electron chi connectivity index (χ4n) is 4.22. The van der Waals surface area contributed by atoms with E-state index in [2.05, 4.69) is 26.1 Å². The zero-order chi connectivity index (χ0) is 15.5. The molecule has 0 aromatic heterocycles. The lowest BCUT2D eigenvalue weighted by Gasteiger charge is -2.39. The van der Waals surface area contributed by atoms with Crippen LogP contribution in [-0.2, 0) is 4.79 Å². The maximum atomic E-state index is 12.2. The van der Waals surface area contributed by atoms with E-state index in [9.17, 15) is 9.90 Å². The van der Waals surface area contributed by atoms with Gasteiger partial charge in [0.25, 0.3) is 0 Å². The van der Waals surface area contributed by atoms with Crippen LogP contribution >= 0.6 is 11.8 Å². The van der Waals surface area contributed by atoms with Crippen LogP contribution in [0.3, 0.4) is 0 Å². The van der Waals surface area contributed by atoms with Crippen LogP contribution in [0.1, 0.15) is 59.3 Å². The van der Waals surface area contributed by atoms with Crippen LogP contribution in [0.25, 0.3) is 0 Å². The molecule has 2 aliphatic rings. The third kappa shape index (κ3) is 5.48. The van der Waals surface area contributed by atoms with Crippen molar-refractivity contribution in [3.05, 3.63) is 0 Å². The van der Waals surface area contributed by atoms with Crippen LogP contribution in [0.5, 0.6) is 0 Å². The molecular formula is C17H31NO2S. The molecule has 21 heavy (non-hydrogen) atoms. The first-order chi connectivity index (χ1) is 9.78. The van der Waals surface area contributed by atoms with Crippen molar-refractivity contribution in [3.63, 3.8) is 0 Å². The van der Waals surface area contributed by atoms with Gasteiger partial charge in [-0.05, 0) is 60.9 Å². The van der Waals surface area contributed by atoms with Gasteiger partial charge in [-0.25, -0.2) is 0 Å². The highest BCUT2D eigenvalue weighted by molar-refractivity contribution is 7.99. The van der Waals surface area contributed by atoms with Crippen molar-refractivity contribution >= 4 is 17.7 Å². The standard InChI is InChI=1S/C17H31NO2S/c1-13-8-14(11-16(2,3)10-13)9-15(19)18-12-17(20)4-6-21-7-5-17/h13-14,20H,4-12H2,1-3H3,(H,18,19). The molecule has 3 nitrogen and oxygen atoms in total. The van der Waals surface area contributed by atoms with E-state index in [4.69, 9.17) is 0 Å². The zero-order valence-electron chi connectivity index (χ0n) is 13.8. The Balaban J connectivity index is 1.76. The summed E-state index contributed by atoms with van der Waals surface area (Å²) in [5, 5.41) is 13.4. The third-order valence-electron chi connectivity index (χ3n) is 4.99. The molecular weight excluding hydrogens is 282 g/mol. The monoisotopic (exact) mass is 313 g/mol. The van der Waals surface area contributed by atoms with Crippen LogP contribution in [0, 0.1) is 17.3 Å². The Labute approximate surface area is 133 Å². The number of amides is 1. The zero-order valence-corrected chi connectivity index (χ0v) is 14.6. The van der Waals surface area contributed by atoms with Crippen molar-refractivity contribution in [2.45, 2.75) is 64.9 Å². The first-order valence-electron chi connectivity index (χ1n) is 8.35. The van der Waals surface area contributed by atoms with Gasteiger partial charge >= 0.3 is 0 Å². The Morgan fingerprint density at radius 1 is 1.29 bits per heavy atom. The molecule has 1 amide bonds. The molecule has 0 aromatic carbocycles. The summed E-state index contributed by atoms with van der Waals surface area (Å²) in [6.07, 6.45) is 5.79. The molecule has 2 atom stereocenters. The minimum absolute atomic E-state index is 0.122. The summed E-state index contributed by atoms with van der Waals surface area (Å²) in [5.41, 5.74) is -0.304. The third-order valence-corrected chi connectivity index (χ3v) is 5.98. The molecule has 2 N–H and O–H groups in total. The lowest BCUT2D eigenvalue weighted by atomic mass is 9.67. The number of aliphatic hydroxyl groups is 1. The molecule has 1 heterocycles. The lowest BCUT2D eigenvalue weighted by Crippen LogP contribution is -2.45. The van der Waals surface area contributed by atoms with Crippen molar-refractivity contribution in [1.82, 2.24) is 5.32 Å². The van der Waals surface area contributed by atoms with Crippen LogP contribution in [0.2, 0.25) is 0 Å². The van der Waals surface area contributed by atoms with Gasteiger partial charge in [-0.2, -0.15) is 11.8 Å². The number of nitrogens with one attached hydrogen (secondary N) is 1. The smallest absolute Gasteiger partial charge is 0.220 e. The molecule has 1 saturated heterocycles. The van der Waals surface area contributed by atoms with Gasteiger partial charge in [0.15, 0.2) is 0 Å². The molecule has 2 fully saturated rings. The average molecular weight is 314 g/mol. The molecule has 122 valence electrons. The molecule has 2 unspecified atom stereocenters. The number of hydrogen-bond donors (Lipinski definition) is 2. The Morgan fingerprint density at radius 3 is 2.57 bits per heavy atom. The summed E-state index contributed by atoms with van der Waals surface area (Å²) < 4.78 is 0. The van der Waals surface area contributed by atoms with E-state index in [-0.39, 0.29) is 5.91 Å². The summed E-state index contributed by atoms with van der Waals surface area (Å²) in [7, 11) is 0. The second-order valence-electron chi connectivity index (χ2n) is 8.10. The number of carbonyl (C=O) groups excluding carboxylic acids is 1. The number of thioether (sulfide) groups is 1. The van der Waals surface area contributed by atoms with Crippen molar-refractivity contribution in [1.29, 1.82) is 0 Å². The highest BCUT2D eigenvalue weighted by Gasteiger charge is 2.34. The van der Waals surface area contributed by atoms with Gasteiger partial charge in [0.05, 0.1) is 5.60 Å². The molecule has 2 rings (SSSR count). The first-order valence-corrected chi connectivity index (χ1v) is 9.50. The van der Waals surface area contributed by atoms with Crippen molar-refractivity contribution in [3.8, 4) is 0 Å². The molecule has 0 aromatic rings. The molecule has 0 bridgehead atoms. The second kappa shape index (κ2) is 6.91. The number of carbonyl (C=O) groups is 1. The van der Waals surface area contributed by atoms with E-state index in [1.165, 1.54) is 6.42 Å². The summed E-state index contributed by atoms with van der Waals surface area (Å²) in [5.74, 6) is 3.34. The number of rotatable bonds is 4. The van der Waals surface area contributed by atoms with Crippen LogP contribution in [-0.4, -0.2) is 34.7 Å². The lowest BCUT2D eigenvalue weighted by molar-refractivity contribution is -0.124. The minimum Gasteiger partial charge on any atom is -0.388 e. The van der Waals surface area contributed by atoms with E-state index in [0.29, 0.717) is 30.2 Å². The summed E-state index contributed by atoms with van der Waals surface area (Å²) in [6.45, 7) is 7.36. The predicted molar refractivity (Wildman–Crippen MR) is 89.4 cm³/mol. The summed E-state index contributed by atoms with van der Waals surface area (Å²) in [4.78, 5) is 12.2. The first kappa shape index (κ1) is 17.1. The predicted octanol–water partition coefficient (Wildman–Crippen LogP) is 3.21. The second-order valence-corrected chi connectivity index (χ2v) is 9.32. The fraction of sp³-hybridized carbons (Fsp3) is 0.941. The fourth-order valence-corrected chi connectivity index (χ4v) is 5.48. The normalized spacial score (nSPS) is 31.6. The molecule has 0 radical (unpaired) electrons. The van der Waals surface area contributed by atoms with Crippen LogP contribution in [0.4, 0.5) is 0 Å². The summed E-state index contributed by atoms with van der Waals surface area (Å²) >= 11 is 1.89. The Morgan fingerprint density at radius 2 is 1.95 bits per heavy atom. The van der Waals surface area contributed by atoms with Crippen molar-refractivity contribution in [2.75, 3.05) is 18.1 Å². The van der Waals surface area contributed by atoms with Gasteiger partial charge < -0.3 is 10.4 Å². The molecule has 1 aliphatic carbocycles. The van der Waals surface area contributed by atoms with Gasteiger partial charge in [-0.3, -0.25) is 4.79 Å². The molecule has 1 aliphatic heterocycles. The maximum Gasteiger partial charge on any atom is 0.220 e. The van der Waals surface area contributed by atoms with E-state index in [1.54, 1.807) is 0 Å². The molecule has 0 spiro atoms. The topological polar surface area (TPSA) is 49.3 Å². The largest absolute Gasteiger partial charge is 0.388 e. The Hall–Kier alpha value is -0.220. The van der Waals surface area contributed by atoms with Gasteiger partial charge in [-0.1, -0.05) is 20.8 Å². The number of hydrogen-bond acceptors (Lipinski definition) is 3. The van der Waals surface area contributed by atoms with Gasteiger partial charge in [-0.15, -0.1) is 0 Å². The van der Waals surface area contributed by atoms with Gasteiger partial charge in [0.2, 0.25) is 5.91 Å². The SMILES string of the molecule is CC1CC(CC(=O)NCC2(O)CCSCC2)CC(C)(C)C1. The quantitative estimate of drug-likeness (QED) is 0.838. The van der Waals surface area contributed by atoms with Crippen LogP contribution in [0.15, 0.2) is 0 Å². The highest BCUT2D eigenvalue weighted by atomic mass is 32.2. The van der Waals surface area contributed by atoms with Gasteiger partial charge in [0, 0.05) is 13.0 Å². The van der Waals surface area contributed by atoms with E-state index in [0.717, 1.165) is 37.2 Å². The van der Waals surface area contributed by atoms with Crippen LogP contribution < -0.4 is 5.32 Å². The maximum absolute atomic E-state index is 12.2. The van der Waals surface area contributed by atoms with E-state index in [1.807, 2.05) is 11.8 Å². The van der Waals surface area contributed by atoms with E-state index < -0.39 is 5.60 Å². The van der Waals surface area contributed by atoms with E-state index >= 15 is 0 Å². The van der Waals surface area contributed by atoms with Gasteiger partial charge in [0.1, 0.15) is 0 Å². The summed E-state index contributed by atoms with van der Waals surface area (Å²) in [6, 6.07) is 0.